The number of amidine groups is 1. The maximum atomic E-state index is 13.4. The number of nitrogens with one attached hydrogen (secondary N) is 1. The maximum Gasteiger partial charge on any atom is 0.227 e. The number of aliphatic imine (C=N–C) groups is 1. The molecule has 0 radical (unpaired) electrons. The molecule has 2 aliphatic heterocycles. The van der Waals surface area contributed by atoms with Crippen molar-refractivity contribution in [2.45, 2.75) is 42.8 Å². The number of hydrogen-bond acceptors (Lipinski definition) is 7. The average molecular weight is 469 g/mol. The van der Waals surface area contributed by atoms with Crippen LogP contribution in [-0.4, -0.2) is 68.7 Å². The minimum absolute atomic E-state index is 0.0482. The number of likely N-dealkylation sites (tertiary alicyclic amines) is 1. The van der Waals surface area contributed by atoms with Crippen LogP contribution in [0.15, 0.2) is 47.5 Å². The number of primary amides is 1. The molecule has 1 saturated heterocycles. The Kier molecular flexibility index (Phi) is 6.03. The second-order valence-corrected chi connectivity index (χ2v) is 10.2. The van der Waals surface area contributed by atoms with Gasteiger partial charge in [0.05, 0.1) is 18.1 Å². The second-order valence-electron chi connectivity index (χ2n) is 9.06. The number of aliphatic hydroxyl groups excluding tert-OH is 2. The summed E-state index contributed by atoms with van der Waals surface area (Å²) in [5.74, 6) is -1.02. The molecule has 5 N–H and O–H groups in total. The van der Waals surface area contributed by atoms with E-state index >= 15 is 0 Å². The van der Waals surface area contributed by atoms with Gasteiger partial charge in [0.15, 0.2) is 5.17 Å². The summed E-state index contributed by atoms with van der Waals surface area (Å²) >= 11 is 1.46. The molecule has 2 fully saturated rings. The fourth-order valence-corrected chi connectivity index (χ4v) is 6.52. The van der Waals surface area contributed by atoms with Crippen molar-refractivity contribution < 1.29 is 19.8 Å². The van der Waals surface area contributed by atoms with Gasteiger partial charge in [0.25, 0.3) is 0 Å². The lowest BCUT2D eigenvalue weighted by Crippen LogP contribution is -2.55. The summed E-state index contributed by atoms with van der Waals surface area (Å²) in [5.41, 5.74) is 6.33. The maximum absolute atomic E-state index is 13.4. The molecule has 33 heavy (non-hydrogen) atoms. The molecule has 2 aromatic carbocycles. The Balaban J connectivity index is 1.33. The van der Waals surface area contributed by atoms with Crippen LogP contribution in [0.2, 0.25) is 0 Å². The monoisotopic (exact) mass is 468 g/mol. The largest absolute Gasteiger partial charge is 0.390 e. The third-order valence-corrected chi connectivity index (χ3v) is 8.35. The van der Waals surface area contributed by atoms with E-state index in [9.17, 15) is 19.8 Å². The van der Waals surface area contributed by atoms with Crippen LogP contribution in [0.5, 0.6) is 0 Å². The standard InChI is InChI=1S/C24H28N4O4S/c25-22(31)14-8-10-28(11-9-14)23(32)16-12-18(29)20(30)19-21(16)33-24(27-19)26-17-7-3-5-13-4-1-2-6-15(13)17/h1-7,14,16,18-21,29-30H,8-12H2,(H2,25,31)(H,26,27)/t16-,18+,19-,20-,21+/m0/s1. The smallest absolute Gasteiger partial charge is 0.227 e. The van der Waals surface area contributed by atoms with Crippen LogP contribution >= 0.6 is 11.8 Å². The number of amides is 2. The third-order valence-electron chi connectivity index (χ3n) is 7.04. The van der Waals surface area contributed by atoms with E-state index in [1.807, 2.05) is 42.5 Å². The quantitative estimate of drug-likeness (QED) is 0.541. The molecule has 5 rings (SSSR count). The topological polar surface area (TPSA) is 128 Å². The van der Waals surface area contributed by atoms with Crippen molar-refractivity contribution in [3.05, 3.63) is 42.5 Å². The van der Waals surface area contributed by atoms with Gasteiger partial charge < -0.3 is 26.2 Å². The van der Waals surface area contributed by atoms with Crippen molar-refractivity contribution in [1.29, 1.82) is 0 Å². The third kappa shape index (κ3) is 4.20. The molecule has 0 spiro atoms. The number of fused-ring (bicyclic) bond motifs is 2. The number of carbonyl (C=O) groups excluding carboxylic acids is 2. The molecule has 2 aromatic rings. The minimum atomic E-state index is -1.01. The summed E-state index contributed by atoms with van der Waals surface area (Å²) in [6.07, 6.45) is -0.709. The molecule has 0 unspecified atom stereocenters. The van der Waals surface area contributed by atoms with E-state index < -0.39 is 24.2 Å². The van der Waals surface area contributed by atoms with Gasteiger partial charge in [-0.25, -0.2) is 0 Å². The number of hydrogen-bond donors (Lipinski definition) is 4. The summed E-state index contributed by atoms with van der Waals surface area (Å²) < 4.78 is 0. The molecule has 3 aliphatic rings. The molecule has 5 atom stereocenters. The number of piperidine rings is 1. The van der Waals surface area contributed by atoms with Crippen molar-refractivity contribution in [3.63, 3.8) is 0 Å². The number of aliphatic hydroxyl groups is 2. The molecule has 8 nitrogen and oxygen atoms in total. The van der Waals surface area contributed by atoms with E-state index in [0.717, 1.165) is 16.5 Å². The van der Waals surface area contributed by atoms with Crippen LogP contribution < -0.4 is 11.1 Å². The van der Waals surface area contributed by atoms with E-state index in [1.165, 1.54) is 11.8 Å². The summed E-state index contributed by atoms with van der Waals surface area (Å²) in [5, 5.41) is 27.0. The number of carbonyl (C=O) groups is 2. The fraction of sp³-hybridized carbons (Fsp3) is 0.458. The Hall–Kier alpha value is -2.62. The molecule has 0 aromatic heterocycles. The van der Waals surface area contributed by atoms with E-state index in [1.54, 1.807) is 4.90 Å². The first kappa shape index (κ1) is 22.2. The van der Waals surface area contributed by atoms with Gasteiger partial charge in [-0.3, -0.25) is 14.6 Å². The first-order valence-corrected chi connectivity index (χ1v) is 12.2. The van der Waals surface area contributed by atoms with E-state index in [-0.39, 0.29) is 29.4 Å². The first-order valence-electron chi connectivity index (χ1n) is 11.4. The summed E-state index contributed by atoms with van der Waals surface area (Å²) in [7, 11) is 0. The molecule has 9 heteroatoms. The highest BCUT2D eigenvalue weighted by Gasteiger charge is 2.51. The zero-order valence-electron chi connectivity index (χ0n) is 18.1. The fourth-order valence-electron chi connectivity index (χ4n) is 5.16. The Labute approximate surface area is 196 Å². The van der Waals surface area contributed by atoms with Gasteiger partial charge in [-0.1, -0.05) is 48.2 Å². The van der Waals surface area contributed by atoms with Crippen LogP contribution in [0.25, 0.3) is 10.8 Å². The van der Waals surface area contributed by atoms with Crippen LogP contribution in [-0.2, 0) is 9.59 Å². The van der Waals surface area contributed by atoms with Crippen molar-refractivity contribution >= 4 is 45.2 Å². The number of anilines is 1. The van der Waals surface area contributed by atoms with Crippen LogP contribution in [0.1, 0.15) is 19.3 Å². The highest BCUT2D eigenvalue weighted by molar-refractivity contribution is 8.15. The lowest BCUT2D eigenvalue weighted by molar-refractivity contribution is -0.142. The van der Waals surface area contributed by atoms with Crippen molar-refractivity contribution in [3.8, 4) is 0 Å². The summed E-state index contributed by atoms with van der Waals surface area (Å²) in [4.78, 5) is 31.3. The van der Waals surface area contributed by atoms with E-state index in [2.05, 4.69) is 10.3 Å². The van der Waals surface area contributed by atoms with Crippen LogP contribution in [0, 0.1) is 11.8 Å². The normalized spacial score (nSPS) is 30.1. The number of rotatable bonds is 3. The van der Waals surface area contributed by atoms with E-state index in [0.29, 0.717) is 31.1 Å². The Morgan fingerprint density at radius 2 is 1.82 bits per heavy atom. The molecule has 174 valence electrons. The molecular weight excluding hydrogens is 440 g/mol. The van der Waals surface area contributed by atoms with Crippen molar-refractivity contribution in [2.24, 2.45) is 22.6 Å². The van der Waals surface area contributed by atoms with Gasteiger partial charge in [0.1, 0.15) is 6.10 Å². The highest BCUT2D eigenvalue weighted by Crippen LogP contribution is 2.42. The van der Waals surface area contributed by atoms with E-state index in [4.69, 9.17) is 5.73 Å². The first-order chi connectivity index (χ1) is 15.9. The van der Waals surface area contributed by atoms with Crippen LogP contribution in [0.4, 0.5) is 5.69 Å². The van der Waals surface area contributed by atoms with Gasteiger partial charge in [-0.05, 0) is 30.7 Å². The number of nitrogens with two attached hydrogens (primary N) is 1. The Morgan fingerprint density at radius 1 is 1.09 bits per heavy atom. The van der Waals surface area contributed by atoms with Gasteiger partial charge in [-0.15, -0.1) is 0 Å². The molecular formula is C24H28N4O4S. The molecule has 1 saturated carbocycles. The average Bonchev–Trinajstić information content (AvgIpc) is 3.25. The second kappa shape index (κ2) is 8.96. The number of nitrogens with zero attached hydrogens (tertiary/aromatic N) is 2. The lowest BCUT2D eigenvalue weighted by Gasteiger charge is -2.40. The molecule has 2 heterocycles. The molecule has 1 aliphatic carbocycles. The predicted octanol–water partition coefficient (Wildman–Crippen LogP) is 1.56. The van der Waals surface area contributed by atoms with Crippen molar-refractivity contribution in [1.82, 2.24) is 4.90 Å². The Morgan fingerprint density at radius 3 is 2.58 bits per heavy atom. The van der Waals surface area contributed by atoms with Gasteiger partial charge >= 0.3 is 0 Å². The molecule has 0 bridgehead atoms. The zero-order chi connectivity index (χ0) is 23.1. The van der Waals surface area contributed by atoms with Crippen molar-refractivity contribution in [2.75, 3.05) is 18.4 Å². The van der Waals surface area contributed by atoms with Gasteiger partial charge in [0, 0.05) is 35.3 Å². The summed E-state index contributed by atoms with van der Waals surface area (Å²) in [6.45, 7) is 0.956. The minimum Gasteiger partial charge on any atom is -0.390 e. The highest BCUT2D eigenvalue weighted by atomic mass is 32.2. The SMILES string of the molecule is NC(=O)C1CCN(C(=O)[C@H]2C[C@@H](O)[C@H](O)[C@@H]3N=C(Nc4cccc5ccccc45)S[C@@H]32)CC1. The number of thioether (sulfide) groups is 1. The lowest BCUT2D eigenvalue weighted by atomic mass is 9.80. The van der Waals surface area contributed by atoms with Gasteiger partial charge in [-0.2, -0.15) is 0 Å². The molecule has 2 amide bonds. The summed E-state index contributed by atoms with van der Waals surface area (Å²) in [6, 6.07) is 13.5. The Bertz CT molecular complexity index is 1100. The van der Waals surface area contributed by atoms with Gasteiger partial charge in [0.2, 0.25) is 11.8 Å². The predicted molar refractivity (Wildman–Crippen MR) is 129 cm³/mol. The number of benzene rings is 2. The van der Waals surface area contributed by atoms with Crippen LogP contribution in [0.3, 0.4) is 0 Å². The zero-order valence-corrected chi connectivity index (χ0v) is 18.9.